The van der Waals surface area contributed by atoms with E-state index in [-0.39, 0.29) is 18.0 Å². The number of hydrogen-bond donors (Lipinski definition) is 2. The van der Waals surface area contributed by atoms with Gasteiger partial charge in [0, 0.05) is 5.69 Å². The molecule has 0 bridgehead atoms. The molecule has 0 heterocycles. The van der Waals surface area contributed by atoms with E-state index in [1.165, 1.54) is 36.4 Å². The highest BCUT2D eigenvalue weighted by molar-refractivity contribution is 5.95. The third kappa shape index (κ3) is 5.63. The van der Waals surface area contributed by atoms with Gasteiger partial charge in [-0.25, -0.2) is 0 Å². The number of anilines is 2. The van der Waals surface area contributed by atoms with Crippen molar-refractivity contribution in [1.29, 1.82) is 0 Å². The lowest BCUT2D eigenvalue weighted by Gasteiger charge is -2.12. The topological polar surface area (TPSA) is 50.4 Å². The minimum atomic E-state index is -4.44. The van der Waals surface area contributed by atoms with Crippen molar-refractivity contribution < 1.29 is 31.5 Å². The van der Waals surface area contributed by atoms with Crippen LogP contribution in [0, 0.1) is 0 Å². The summed E-state index contributed by atoms with van der Waals surface area (Å²) in [6.45, 7) is -3.31. The van der Waals surface area contributed by atoms with E-state index >= 15 is 0 Å². The summed E-state index contributed by atoms with van der Waals surface area (Å²) < 4.78 is 66.2. The molecule has 25 heavy (non-hydrogen) atoms. The number of hydrogen-bond acceptors (Lipinski definition) is 3. The number of rotatable bonds is 6. The van der Waals surface area contributed by atoms with Crippen molar-refractivity contribution in [3.8, 4) is 5.75 Å². The first-order valence-electron chi connectivity index (χ1n) is 7.00. The van der Waals surface area contributed by atoms with E-state index in [0.29, 0.717) is 5.69 Å². The quantitative estimate of drug-likeness (QED) is 0.753. The fraction of sp³-hybridized carbons (Fsp3) is 0.188. The third-order valence-electron chi connectivity index (χ3n) is 3.04. The fourth-order valence-electron chi connectivity index (χ4n) is 1.92. The summed E-state index contributed by atoms with van der Waals surface area (Å²) in [6, 6.07) is 9.77. The van der Waals surface area contributed by atoms with Crippen molar-refractivity contribution in [2.75, 3.05) is 17.2 Å². The molecule has 0 atom stereocenters. The molecule has 1 amide bonds. The van der Waals surface area contributed by atoms with Gasteiger partial charge in [0.2, 0.25) is 5.91 Å². The standard InChI is InChI=1S/C16H13F5N2O2/c17-15(18)25-13-4-2-1-3-12(13)23-14(24)9-22-11-7-5-10(6-8-11)16(19,20)21/h1-8,15,22H,9H2,(H,23,24). The molecule has 0 fully saturated rings. The van der Waals surface area contributed by atoms with Crippen LogP contribution in [0.3, 0.4) is 0 Å². The van der Waals surface area contributed by atoms with Gasteiger partial charge in [-0.05, 0) is 36.4 Å². The molecule has 0 spiro atoms. The van der Waals surface area contributed by atoms with Gasteiger partial charge in [-0.2, -0.15) is 22.0 Å². The number of para-hydroxylation sites is 2. The van der Waals surface area contributed by atoms with E-state index in [1.54, 1.807) is 0 Å². The lowest BCUT2D eigenvalue weighted by atomic mass is 10.2. The van der Waals surface area contributed by atoms with Gasteiger partial charge >= 0.3 is 12.8 Å². The maximum absolute atomic E-state index is 12.5. The highest BCUT2D eigenvalue weighted by Crippen LogP contribution is 2.30. The number of ether oxygens (including phenoxy) is 1. The molecule has 0 aliphatic carbocycles. The van der Waals surface area contributed by atoms with Crippen molar-refractivity contribution in [2.45, 2.75) is 12.8 Å². The number of benzene rings is 2. The Morgan fingerprint density at radius 1 is 1.04 bits per heavy atom. The second-order valence-corrected chi connectivity index (χ2v) is 4.85. The summed E-state index contributed by atoms with van der Waals surface area (Å²) in [7, 11) is 0. The first-order chi connectivity index (χ1) is 11.8. The van der Waals surface area contributed by atoms with E-state index in [4.69, 9.17) is 0 Å². The van der Waals surface area contributed by atoms with E-state index in [1.807, 2.05) is 0 Å². The van der Waals surface area contributed by atoms with Crippen molar-refractivity contribution in [2.24, 2.45) is 0 Å². The SMILES string of the molecule is O=C(CNc1ccc(C(F)(F)F)cc1)Nc1ccccc1OC(F)F. The maximum atomic E-state index is 12.5. The first-order valence-corrected chi connectivity index (χ1v) is 7.00. The van der Waals surface area contributed by atoms with Gasteiger partial charge in [0.15, 0.2) is 0 Å². The molecular formula is C16H13F5N2O2. The van der Waals surface area contributed by atoms with Gasteiger partial charge in [0.05, 0.1) is 17.8 Å². The van der Waals surface area contributed by atoms with Gasteiger partial charge in [-0.15, -0.1) is 0 Å². The molecule has 2 aromatic carbocycles. The van der Waals surface area contributed by atoms with Crippen molar-refractivity contribution in [3.63, 3.8) is 0 Å². The summed E-state index contributed by atoms with van der Waals surface area (Å²) in [5.41, 5.74) is -0.442. The summed E-state index contributed by atoms with van der Waals surface area (Å²) in [6.07, 6.45) is -4.44. The molecular weight excluding hydrogens is 347 g/mol. The Labute approximate surface area is 139 Å². The Hall–Kier alpha value is -2.84. The Kier molecular flexibility index (Phi) is 5.79. The van der Waals surface area contributed by atoms with Crippen LogP contribution in [0.4, 0.5) is 33.3 Å². The Morgan fingerprint density at radius 2 is 1.68 bits per heavy atom. The molecule has 0 saturated heterocycles. The monoisotopic (exact) mass is 360 g/mol. The molecule has 2 rings (SSSR count). The molecule has 0 unspecified atom stereocenters. The zero-order chi connectivity index (χ0) is 18.4. The van der Waals surface area contributed by atoms with Crippen LogP contribution in [0.2, 0.25) is 0 Å². The first kappa shape index (κ1) is 18.5. The molecule has 2 aromatic rings. The van der Waals surface area contributed by atoms with E-state index in [0.717, 1.165) is 12.1 Å². The smallest absolute Gasteiger partial charge is 0.416 e. The molecule has 0 aliphatic rings. The Bertz CT molecular complexity index is 717. The number of carbonyl (C=O) groups excluding carboxylic acids is 1. The highest BCUT2D eigenvalue weighted by Gasteiger charge is 2.29. The maximum Gasteiger partial charge on any atom is 0.416 e. The Balaban J connectivity index is 1.93. The normalized spacial score (nSPS) is 11.3. The van der Waals surface area contributed by atoms with Gasteiger partial charge in [-0.1, -0.05) is 12.1 Å². The minimum Gasteiger partial charge on any atom is -0.433 e. The molecule has 0 aromatic heterocycles. The number of nitrogens with one attached hydrogen (secondary N) is 2. The summed E-state index contributed by atoms with van der Waals surface area (Å²) in [4.78, 5) is 11.9. The number of carbonyl (C=O) groups is 1. The molecule has 0 radical (unpaired) electrons. The second-order valence-electron chi connectivity index (χ2n) is 4.85. The van der Waals surface area contributed by atoms with E-state index in [9.17, 15) is 26.7 Å². The highest BCUT2D eigenvalue weighted by atomic mass is 19.4. The van der Waals surface area contributed by atoms with Crippen LogP contribution >= 0.6 is 0 Å². The zero-order valence-electron chi connectivity index (χ0n) is 12.6. The van der Waals surface area contributed by atoms with Crippen molar-refractivity contribution in [1.82, 2.24) is 0 Å². The predicted molar refractivity (Wildman–Crippen MR) is 81.6 cm³/mol. The van der Waals surface area contributed by atoms with Gasteiger partial charge < -0.3 is 15.4 Å². The summed E-state index contributed by atoms with van der Waals surface area (Å²) in [5, 5.41) is 5.02. The van der Waals surface area contributed by atoms with Crippen LogP contribution in [0.1, 0.15) is 5.56 Å². The molecule has 0 aliphatic heterocycles. The Morgan fingerprint density at radius 3 is 2.28 bits per heavy atom. The minimum absolute atomic E-state index is 0.0574. The average molecular weight is 360 g/mol. The predicted octanol–water partition coefficient (Wildman–Crippen LogP) is 4.36. The van der Waals surface area contributed by atoms with Gasteiger partial charge in [0.1, 0.15) is 5.75 Å². The molecule has 0 saturated carbocycles. The molecule has 134 valence electrons. The largest absolute Gasteiger partial charge is 0.433 e. The van der Waals surface area contributed by atoms with Crippen LogP contribution in [-0.4, -0.2) is 19.1 Å². The van der Waals surface area contributed by atoms with Crippen LogP contribution in [0.25, 0.3) is 0 Å². The molecule has 4 nitrogen and oxygen atoms in total. The van der Waals surface area contributed by atoms with E-state index < -0.39 is 24.3 Å². The molecule has 9 heteroatoms. The van der Waals surface area contributed by atoms with Gasteiger partial charge in [0.25, 0.3) is 0 Å². The third-order valence-corrected chi connectivity index (χ3v) is 3.04. The number of amides is 1. The summed E-state index contributed by atoms with van der Waals surface area (Å²) in [5.74, 6) is -0.773. The number of alkyl halides is 5. The second kappa shape index (κ2) is 7.82. The average Bonchev–Trinajstić information content (AvgIpc) is 2.54. The van der Waals surface area contributed by atoms with E-state index in [2.05, 4.69) is 15.4 Å². The number of halogens is 5. The van der Waals surface area contributed by atoms with Gasteiger partial charge in [-0.3, -0.25) is 4.79 Å². The zero-order valence-corrected chi connectivity index (χ0v) is 12.6. The van der Waals surface area contributed by atoms with Crippen LogP contribution in [0.15, 0.2) is 48.5 Å². The van der Waals surface area contributed by atoms with Crippen LogP contribution in [0.5, 0.6) is 5.75 Å². The van der Waals surface area contributed by atoms with Crippen molar-refractivity contribution >= 4 is 17.3 Å². The lowest BCUT2D eigenvalue weighted by molar-refractivity contribution is -0.137. The fourth-order valence-corrected chi connectivity index (χ4v) is 1.92. The van der Waals surface area contributed by atoms with Crippen LogP contribution < -0.4 is 15.4 Å². The molecule has 2 N–H and O–H groups in total. The van der Waals surface area contributed by atoms with Crippen LogP contribution in [-0.2, 0) is 11.0 Å². The van der Waals surface area contributed by atoms with Crippen molar-refractivity contribution in [3.05, 3.63) is 54.1 Å². The lowest BCUT2D eigenvalue weighted by Crippen LogP contribution is -2.22. The summed E-state index contributed by atoms with van der Waals surface area (Å²) >= 11 is 0.